The fourth-order valence-corrected chi connectivity index (χ4v) is 5.16. The first kappa shape index (κ1) is 20.5. The number of pyridine rings is 2. The average molecular weight is 460 g/mol. The number of fused-ring (bicyclic) bond motifs is 3. The van der Waals surface area contributed by atoms with E-state index in [-0.39, 0.29) is 30.0 Å². The summed E-state index contributed by atoms with van der Waals surface area (Å²) in [5.74, 6) is 1.45. The second-order valence-corrected chi connectivity index (χ2v) is 9.05. The molecule has 172 valence electrons. The van der Waals surface area contributed by atoms with Crippen molar-refractivity contribution in [2.45, 2.75) is 25.3 Å². The van der Waals surface area contributed by atoms with Crippen LogP contribution in [0.15, 0.2) is 24.3 Å². The smallest absolute Gasteiger partial charge is 0.240 e. The second-order valence-electron chi connectivity index (χ2n) is 9.05. The van der Waals surface area contributed by atoms with E-state index in [0.29, 0.717) is 60.0 Å². The van der Waals surface area contributed by atoms with Crippen molar-refractivity contribution in [2.24, 2.45) is 0 Å². The van der Waals surface area contributed by atoms with Crippen molar-refractivity contribution < 1.29 is 14.2 Å². The molecule has 1 aromatic carbocycles. The summed E-state index contributed by atoms with van der Waals surface area (Å²) < 4.78 is 13.3. The number of nitriles is 1. The Morgan fingerprint density at radius 3 is 2.38 bits per heavy atom. The average Bonchev–Trinajstić information content (AvgIpc) is 3.61. The largest absolute Gasteiger partial charge is 0.383 e. The van der Waals surface area contributed by atoms with Gasteiger partial charge in [0.25, 0.3) is 0 Å². The van der Waals surface area contributed by atoms with Crippen LogP contribution in [0.4, 0.5) is 33.3 Å². The number of piperazine rings is 1. The van der Waals surface area contributed by atoms with Gasteiger partial charge in [-0.2, -0.15) is 5.26 Å². The van der Waals surface area contributed by atoms with Crippen molar-refractivity contribution in [1.29, 1.82) is 5.26 Å². The molecule has 5 N–H and O–H groups in total. The van der Waals surface area contributed by atoms with Crippen LogP contribution in [-0.2, 0) is 11.2 Å². The number of aromatic amines is 1. The summed E-state index contributed by atoms with van der Waals surface area (Å²) in [6.45, 7) is 2.69. The number of nitrogens with one attached hydrogen (secondary N) is 1. The molecule has 0 atom stereocenters. The van der Waals surface area contributed by atoms with E-state index in [0.717, 1.165) is 24.1 Å². The number of rotatable bonds is 3. The monoisotopic (exact) mass is 459 g/mol. The summed E-state index contributed by atoms with van der Waals surface area (Å²) >= 11 is 0. The van der Waals surface area contributed by atoms with Crippen LogP contribution in [-0.4, -0.2) is 43.1 Å². The third-order valence-electron chi connectivity index (χ3n) is 6.95. The molecule has 1 amide bonds. The van der Waals surface area contributed by atoms with Crippen LogP contribution < -0.4 is 31.2 Å². The number of nitrogens with zero attached hydrogens (tertiary/aromatic N) is 5. The minimum Gasteiger partial charge on any atom is -0.383 e. The number of halogens is 1. The SMILES string of the molecule is N#Cc1c(N2CCN(c3ccc(F)cc3)CC2)[nH+]c(N)c2c(N)nc3c(c12)CC(=O)N3C1CC1. The zero-order chi connectivity index (χ0) is 23.6. The number of carbonyl (C=O) groups excluding carboxylic acids is 1. The topological polar surface area (TPSA) is 130 Å². The first-order valence-corrected chi connectivity index (χ1v) is 11.4. The van der Waals surface area contributed by atoms with E-state index < -0.39 is 0 Å². The molecule has 9 nitrogen and oxygen atoms in total. The summed E-state index contributed by atoms with van der Waals surface area (Å²) in [6, 6.07) is 8.97. The molecule has 3 aliphatic rings. The van der Waals surface area contributed by atoms with Gasteiger partial charge in [0.05, 0.1) is 24.9 Å². The highest BCUT2D eigenvalue weighted by molar-refractivity contribution is 6.12. The van der Waals surface area contributed by atoms with Gasteiger partial charge in [0.1, 0.15) is 29.1 Å². The van der Waals surface area contributed by atoms with E-state index in [9.17, 15) is 14.4 Å². The molecule has 6 rings (SSSR count). The molecule has 0 spiro atoms. The van der Waals surface area contributed by atoms with Gasteiger partial charge in [-0.25, -0.2) is 14.4 Å². The van der Waals surface area contributed by atoms with Gasteiger partial charge in [-0.15, -0.1) is 0 Å². The molecule has 0 radical (unpaired) electrons. The normalized spacial score (nSPS) is 17.9. The molecular formula is C24H24FN8O+. The Morgan fingerprint density at radius 1 is 1.06 bits per heavy atom. The Kier molecular flexibility index (Phi) is 4.49. The summed E-state index contributed by atoms with van der Waals surface area (Å²) in [7, 11) is 0. The Bertz CT molecular complexity index is 1370. The van der Waals surface area contributed by atoms with Crippen molar-refractivity contribution in [2.75, 3.05) is 52.3 Å². The number of benzene rings is 1. The van der Waals surface area contributed by atoms with Gasteiger partial charge in [0.15, 0.2) is 0 Å². The van der Waals surface area contributed by atoms with E-state index in [1.807, 2.05) is 0 Å². The predicted molar refractivity (Wildman–Crippen MR) is 127 cm³/mol. The van der Waals surface area contributed by atoms with Crippen molar-refractivity contribution in [1.82, 2.24) is 4.98 Å². The van der Waals surface area contributed by atoms with Gasteiger partial charge >= 0.3 is 0 Å². The van der Waals surface area contributed by atoms with Crippen molar-refractivity contribution in [3.8, 4) is 6.07 Å². The molecule has 4 heterocycles. The molecule has 2 aromatic heterocycles. The highest BCUT2D eigenvalue weighted by atomic mass is 19.1. The van der Waals surface area contributed by atoms with E-state index in [4.69, 9.17) is 11.5 Å². The molecular weight excluding hydrogens is 435 g/mol. The Labute approximate surface area is 195 Å². The number of nitrogens with two attached hydrogens (primary N) is 2. The van der Waals surface area contributed by atoms with E-state index in [1.165, 1.54) is 12.1 Å². The quantitative estimate of drug-likeness (QED) is 0.608. The molecule has 1 saturated carbocycles. The summed E-state index contributed by atoms with van der Waals surface area (Å²) in [5, 5.41) is 11.3. The van der Waals surface area contributed by atoms with E-state index in [2.05, 4.69) is 25.8 Å². The molecule has 1 saturated heterocycles. The first-order chi connectivity index (χ1) is 16.5. The molecule has 3 aromatic rings. The van der Waals surface area contributed by atoms with E-state index in [1.54, 1.807) is 17.0 Å². The number of H-pyrrole nitrogens is 1. The van der Waals surface area contributed by atoms with Crippen LogP contribution >= 0.6 is 0 Å². The summed E-state index contributed by atoms with van der Waals surface area (Å²) in [5.41, 5.74) is 14.8. The zero-order valence-electron chi connectivity index (χ0n) is 18.5. The maximum Gasteiger partial charge on any atom is 0.240 e. The fourth-order valence-electron chi connectivity index (χ4n) is 5.16. The van der Waals surface area contributed by atoms with Crippen LogP contribution in [0.1, 0.15) is 24.0 Å². The minimum atomic E-state index is -0.262. The number of hydrogen-bond acceptors (Lipinski definition) is 7. The number of aromatic nitrogens is 2. The molecule has 2 fully saturated rings. The highest BCUT2D eigenvalue weighted by Crippen LogP contribution is 2.44. The maximum absolute atomic E-state index is 13.3. The summed E-state index contributed by atoms with van der Waals surface area (Å²) in [6.07, 6.45) is 2.08. The third-order valence-corrected chi connectivity index (χ3v) is 6.95. The highest BCUT2D eigenvalue weighted by Gasteiger charge is 2.42. The molecule has 2 aliphatic heterocycles. The Morgan fingerprint density at radius 2 is 1.74 bits per heavy atom. The lowest BCUT2D eigenvalue weighted by Gasteiger charge is -2.34. The van der Waals surface area contributed by atoms with Crippen LogP contribution in [0.3, 0.4) is 0 Å². The van der Waals surface area contributed by atoms with Gasteiger partial charge < -0.3 is 16.4 Å². The maximum atomic E-state index is 13.3. The van der Waals surface area contributed by atoms with Gasteiger partial charge in [0.2, 0.25) is 17.5 Å². The number of anilines is 5. The summed E-state index contributed by atoms with van der Waals surface area (Å²) in [4.78, 5) is 26.5. The van der Waals surface area contributed by atoms with Crippen LogP contribution in [0, 0.1) is 17.1 Å². The standard InChI is InChI=1S/C24H23FN8O/c25-13-1-3-14(4-2-13)31-7-9-32(10-8-31)23-17(12-26)19-16-11-18(34)33(15-5-6-15)24(16)30-22(28)20(19)21(27)29-23/h1-4,15H,5-11H2,(H2,27,29)(H2,28,30)/p+1. The van der Waals surface area contributed by atoms with E-state index >= 15 is 0 Å². The molecule has 34 heavy (non-hydrogen) atoms. The van der Waals surface area contributed by atoms with Gasteiger partial charge in [0, 0.05) is 35.8 Å². The predicted octanol–water partition coefficient (Wildman–Crippen LogP) is 1.60. The van der Waals surface area contributed by atoms with Crippen LogP contribution in [0.5, 0.6) is 0 Å². The minimum absolute atomic E-state index is 0.0124. The molecule has 10 heteroatoms. The second kappa shape index (κ2) is 7.45. The zero-order valence-corrected chi connectivity index (χ0v) is 18.5. The number of carbonyl (C=O) groups is 1. The van der Waals surface area contributed by atoms with Crippen molar-refractivity contribution >= 4 is 45.6 Å². The lowest BCUT2D eigenvalue weighted by atomic mass is 10.00. The first-order valence-electron chi connectivity index (χ1n) is 11.4. The number of amides is 1. The van der Waals surface area contributed by atoms with Crippen LogP contribution in [0.2, 0.25) is 0 Å². The molecule has 0 unspecified atom stereocenters. The molecule has 0 bridgehead atoms. The number of hydrogen-bond donors (Lipinski definition) is 2. The Hall–Kier alpha value is -4.13. The number of nitrogen functional groups attached to an aromatic ring is 2. The van der Waals surface area contributed by atoms with Crippen molar-refractivity contribution in [3.63, 3.8) is 0 Å². The van der Waals surface area contributed by atoms with Gasteiger partial charge in [-0.1, -0.05) is 0 Å². The molecule has 1 aliphatic carbocycles. The Balaban J connectivity index is 1.41. The van der Waals surface area contributed by atoms with Gasteiger partial charge in [-0.05, 0) is 37.1 Å². The van der Waals surface area contributed by atoms with Gasteiger partial charge in [-0.3, -0.25) is 14.6 Å². The van der Waals surface area contributed by atoms with Crippen LogP contribution in [0.25, 0.3) is 10.8 Å². The third kappa shape index (κ3) is 3.08. The lowest BCUT2D eigenvalue weighted by molar-refractivity contribution is -0.344. The fraction of sp³-hybridized carbons (Fsp3) is 0.333. The lowest BCUT2D eigenvalue weighted by Crippen LogP contribution is -2.48. The van der Waals surface area contributed by atoms with Crippen molar-refractivity contribution in [3.05, 3.63) is 41.2 Å².